The Labute approximate surface area is 336 Å². The van der Waals surface area contributed by atoms with Crippen molar-refractivity contribution in [1.29, 1.82) is 0 Å². The van der Waals surface area contributed by atoms with Crippen LogP contribution in [0.25, 0.3) is 21.8 Å². The monoisotopic (exact) mass is 761 g/mol. The van der Waals surface area contributed by atoms with Crippen molar-refractivity contribution in [2.45, 2.75) is 71.4 Å². The molecule has 2 fully saturated rings. The molecule has 0 radical (unpaired) electrons. The Bertz CT molecular complexity index is 2240. The number of pyridine rings is 1. The summed E-state index contributed by atoms with van der Waals surface area (Å²) in [4.78, 5) is 49.1. The summed E-state index contributed by atoms with van der Waals surface area (Å²) in [5, 5.41) is 4.76. The van der Waals surface area contributed by atoms with E-state index in [1.807, 2.05) is 54.6 Å². The van der Waals surface area contributed by atoms with E-state index in [0.29, 0.717) is 30.4 Å². The van der Waals surface area contributed by atoms with E-state index in [4.69, 9.17) is 0 Å². The highest BCUT2D eigenvalue weighted by Gasteiger charge is 2.22. The Morgan fingerprint density at radius 2 is 1.25 bits per heavy atom. The number of H-pyrrole nitrogens is 1. The molecule has 57 heavy (non-hydrogen) atoms. The fraction of sp³-hybridized carbons (Fsp3) is 0.347. The van der Waals surface area contributed by atoms with Crippen molar-refractivity contribution >= 4 is 45.0 Å². The van der Waals surface area contributed by atoms with Crippen LogP contribution in [0.4, 0.5) is 5.69 Å². The van der Waals surface area contributed by atoms with Gasteiger partial charge in [-0.05, 0) is 136 Å². The highest BCUT2D eigenvalue weighted by atomic mass is 16.1. The number of anilines is 1. The predicted molar refractivity (Wildman–Crippen MR) is 230 cm³/mol. The van der Waals surface area contributed by atoms with Gasteiger partial charge in [0.15, 0.2) is 11.6 Å². The topological polar surface area (TPSA) is 98.4 Å². The van der Waals surface area contributed by atoms with Gasteiger partial charge in [0, 0.05) is 66.6 Å². The van der Waals surface area contributed by atoms with Gasteiger partial charge in [-0.25, -0.2) is 0 Å². The van der Waals surface area contributed by atoms with E-state index >= 15 is 0 Å². The summed E-state index contributed by atoms with van der Waals surface area (Å²) >= 11 is 0. The van der Waals surface area contributed by atoms with E-state index in [2.05, 4.69) is 85.7 Å². The quantitative estimate of drug-likeness (QED) is 0.114. The number of Topliss-reactive ketones (excluding diaryl/α,β-unsaturated/α-hetero) is 2. The number of rotatable bonds is 13. The molecule has 4 heterocycles. The number of amides is 1. The number of nitrogens with one attached hydrogen (secondary N) is 2. The third-order valence-corrected chi connectivity index (χ3v) is 11.6. The number of nitrogens with zero attached hydrogens (tertiary/aromatic N) is 3. The van der Waals surface area contributed by atoms with Gasteiger partial charge in [0.2, 0.25) is 5.91 Å². The van der Waals surface area contributed by atoms with Gasteiger partial charge < -0.3 is 10.3 Å². The van der Waals surface area contributed by atoms with Gasteiger partial charge in [0.05, 0.1) is 11.2 Å². The molecular weight excluding hydrogens is 707 g/mol. The standard InChI is InChI=1S/C25H29N3O2.C24H26N2O/c1-18(29)26-22-8-9-23-21(15-22)16-24(27-23)25(30)10-7-19-11-13-28(14-12-19)17-20-5-3-2-4-6-20;27-24(22-9-10-23-21(17-22)7-4-14-25-23)11-8-19-12-15-26(16-13-19)18-20-5-2-1-3-6-20/h2-6,8-9,15-16,19,27H,7,10-14,17H2,1H3,(H,26,29);1-7,9-10,14,17,19H,8,11-13,15-16,18H2. The molecule has 0 bridgehead atoms. The van der Waals surface area contributed by atoms with Gasteiger partial charge in [-0.3, -0.25) is 29.2 Å². The summed E-state index contributed by atoms with van der Waals surface area (Å²) < 4.78 is 0. The highest BCUT2D eigenvalue weighted by Crippen LogP contribution is 2.27. The summed E-state index contributed by atoms with van der Waals surface area (Å²) in [6.45, 7) is 8.02. The molecule has 0 unspecified atom stereocenters. The average Bonchev–Trinajstić information content (AvgIpc) is 3.67. The number of carbonyl (C=O) groups is 3. The first-order chi connectivity index (χ1) is 27.8. The number of aromatic amines is 1. The van der Waals surface area contributed by atoms with Crippen molar-refractivity contribution < 1.29 is 14.4 Å². The largest absolute Gasteiger partial charge is 0.352 e. The number of fused-ring (bicyclic) bond motifs is 2. The van der Waals surface area contributed by atoms with Crippen LogP contribution in [-0.4, -0.2) is 63.4 Å². The first-order valence-corrected chi connectivity index (χ1v) is 20.7. The summed E-state index contributed by atoms with van der Waals surface area (Å²) in [5.74, 6) is 1.61. The smallest absolute Gasteiger partial charge is 0.221 e. The number of piperidine rings is 2. The van der Waals surface area contributed by atoms with E-state index in [-0.39, 0.29) is 17.5 Å². The molecule has 0 saturated carbocycles. The van der Waals surface area contributed by atoms with Crippen molar-refractivity contribution in [3.8, 4) is 0 Å². The van der Waals surface area contributed by atoms with E-state index in [1.54, 1.807) is 6.20 Å². The molecule has 0 atom stereocenters. The van der Waals surface area contributed by atoms with Crippen molar-refractivity contribution in [1.82, 2.24) is 19.8 Å². The lowest BCUT2D eigenvalue weighted by atomic mass is 9.90. The third kappa shape index (κ3) is 11.6. The molecule has 8 heteroatoms. The molecule has 2 aliphatic rings. The van der Waals surface area contributed by atoms with Gasteiger partial charge in [-0.1, -0.05) is 66.7 Å². The van der Waals surface area contributed by atoms with Crippen LogP contribution in [0.1, 0.15) is 90.3 Å². The Morgan fingerprint density at radius 1 is 0.649 bits per heavy atom. The van der Waals surface area contributed by atoms with Gasteiger partial charge in [0.25, 0.3) is 0 Å². The predicted octanol–water partition coefficient (Wildman–Crippen LogP) is 10.1. The zero-order valence-electron chi connectivity index (χ0n) is 33.2. The zero-order valence-corrected chi connectivity index (χ0v) is 33.2. The SMILES string of the molecule is CC(=O)Nc1ccc2[nH]c(C(=O)CCC3CCN(Cc4ccccc4)CC3)cc2c1.O=C(CCC1CCN(Cc2ccccc2)CC1)c1ccc2ncccc2c1. The van der Waals surface area contributed by atoms with Crippen molar-refractivity contribution in [3.05, 3.63) is 144 Å². The Balaban J connectivity index is 0.000000175. The van der Waals surface area contributed by atoms with Gasteiger partial charge >= 0.3 is 0 Å². The Hall–Kier alpha value is -5.44. The van der Waals surface area contributed by atoms with E-state index in [0.717, 1.165) is 98.0 Å². The van der Waals surface area contributed by atoms with Gasteiger partial charge in [0.1, 0.15) is 0 Å². The molecule has 6 aromatic rings. The Morgan fingerprint density at radius 3 is 1.84 bits per heavy atom. The van der Waals surface area contributed by atoms with Crippen molar-refractivity contribution in [3.63, 3.8) is 0 Å². The summed E-state index contributed by atoms with van der Waals surface area (Å²) in [5.41, 5.74) is 6.84. The summed E-state index contributed by atoms with van der Waals surface area (Å²) in [6.07, 6.45) is 9.68. The molecule has 2 saturated heterocycles. The molecule has 294 valence electrons. The van der Waals surface area contributed by atoms with Crippen molar-refractivity contribution in [2.75, 3.05) is 31.5 Å². The molecular formula is C49H55N5O3. The van der Waals surface area contributed by atoms with E-state index in [1.165, 1.54) is 30.9 Å². The number of ketones is 2. The first-order valence-electron chi connectivity index (χ1n) is 20.7. The first kappa shape index (κ1) is 39.8. The maximum atomic E-state index is 12.7. The summed E-state index contributed by atoms with van der Waals surface area (Å²) in [6, 6.07) is 38.6. The van der Waals surface area contributed by atoms with Crippen LogP contribution in [0.5, 0.6) is 0 Å². The van der Waals surface area contributed by atoms with Crippen LogP contribution in [0, 0.1) is 11.8 Å². The van der Waals surface area contributed by atoms with Crippen LogP contribution in [0.3, 0.4) is 0 Å². The van der Waals surface area contributed by atoms with Crippen LogP contribution in [-0.2, 0) is 17.9 Å². The summed E-state index contributed by atoms with van der Waals surface area (Å²) in [7, 11) is 0. The highest BCUT2D eigenvalue weighted by molar-refractivity contribution is 6.01. The molecule has 2 aromatic heterocycles. The minimum atomic E-state index is -0.101. The second-order valence-electron chi connectivity index (χ2n) is 15.9. The average molecular weight is 762 g/mol. The van der Waals surface area contributed by atoms with Crippen molar-refractivity contribution in [2.24, 2.45) is 11.8 Å². The molecule has 2 aliphatic heterocycles. The van der Waals surface area contributed by atoms with Gasteiger partial charge in [-0.2, -0.15) is 0 Å². The molecule has 0 aliphatic carbocycles. The second kappa shape index (κ2) is 19.6. The third-order valence-electron chi connectivity index (χ3n) is 11.6. The van der Waals surface area contributed by atoms with E-state index in [9.17, 15) is 14.4 Å². The minimum absolute atomic E-state index is 0.101. The molecule has 8 nitrogen and oxygen atoms in total. The number of benzene rings is 4. The van der Waals surface area contributed by atoms with Crippen LogP contribution in [0.2, 0.25) is 0 Å². The Kier molecular flexibility index (Phi) is 13.7. The number of hydrogen-bond acceptors (Lipinski definition) is 6. The molecule has 2 N–H and O–H groups in total. The van der Waals surface area contributed by atoms with Gasteiger partial charge in [-0.15, -0.1) is 0 Å². The normalized spacial score (nSPS) is 15.6. The second-order valence-corrected chi connectivity index (χ2v) is 15.9. The fourth-order valence-corrected chi connectivity index (χ4v) is 8.31. The maximum absolute atomic E-state index is 12.7. The zero-order chi connectivity index (χ0) is 39.4. The number of aromatic nitrogens is 2. The molecule has 4 aromatic carbocycles. The van der Waals surface area contributed by atoms with Crippen LogP contribution < -0.4 is 5.32 Å². The maximum Gasteiger partial charge on any atom is 0.221 e. The number of carbonyl (C=O) groups excluding carboxylic acids is 3. The van der Waals surface area contributed by atoms with Crippen LogP contribution >= 0.6 is 0 Å². The lowest BCUT2D eigenvalue weighted by Crippen LogP contribution is -2.33. The fourth-order valence-electron chi connectivity index (χ4n) is 8.31. The minimum Gasteiger partial charge on any atom is -0.352 e. The molecule has 1 amide bonds. The lowest BCUT2D eigenvalue weighted by Gasteiger charge is -2.32. The lowest BCUT2D eigenvalue weighted by molar-refractivity contribution is -0.114. The number of hydrogen-bond donors (Lipinski definition) is 2. The van der Waals surface area contributed by atoms with E-state index < -0.39 is 0 Å². The molecule has 8 rings (SSSR count). The van der Waals surface area contributed by atoms with Crippen LogP contribution in [0.15, 0.2) is 121 Å². The number of likely N-dealkylation sites (tertiary alicyclic amines) is 2. The molecule has 0 spiro atoms.